The average Bonchev–Trinajstić information content (AvgIpc) is 3.06. The van der Waals surface area contributed by atoms with Crippen LogP contribution in [0.2, 0.25) is 0 Å². The van der Waals surface area contributed by atoms with Crippen molar-refractivity contribution in [3.8, 4) is 5.75 Å². The Morgan fingerprint density at radius 3 is 2.78 bits per heavy atom. The molecule has 0 atom stereocenters. The highest BCUT2D eigenvalue weighted by Crippen LogP contribution is 2.27. The van der Waals surface area contributed by atoms with E-state index in [-0.39, 0.29) is 23.7 Å². The second-order valence-corrected chi connectivity index (χ2v) is 4.97. The van der Waals surface area contributed by atoms with Crippen molar-refractivity contribution in [2.75, 3.05) is 0 Å². The summed E-state index contributed by atoms with van der Waals surface area (Å²) < 4.78 is 15.2. The SMILES string of the molecule is CCc1cc2c(COC(=O)c3ccco3)cc(=O)oc2cc1O. The van der Waals surface area contributed by atoms with Crippen LogP contribution in [0.4, 0.5) is 0 Å². The van der Waals surface area contributed by atoms with Gasteiger partial charge in [-0.1, -0.05) is 6.92 Å². The minimum absolute atomic E-state index is 0.0629. The van der Waals surface area contributed by atoms with Crippen molar-refractivity contribution in [3.05, 3.63) is 63.9 Å². The maximum atomic E-state index is 11.8. The fourth-order valence-electron chi connectivity index (χ4n) is 2.32. The number of esters is 1. The number of aromatic hydroxyl groups is 1. The molecule has 0 saturated heterocycles. The summed E-state index contributed by atoms with van der Waals surface area (Å²) in [6, 6.07) is 7.47. The predicted molar refractivity (Wildman–Crippen MR) is 81.4 cm³/mol. The highest BCUT2D eigenvalue weighted by Gasteiger charge is 2.14. The largest absolute Gasteiger partial charge is 0.508 e. The molecule has 2 aromatic heterocycles. The van der Waals surface area contributed by atoms with Crippen LogP contribution in [0.1, 0.15) is 28.6 Å². The zero-order valence-electron chi connectivity index (χ0n) is 12.4. The summed E-state index contributed by atoms with van der Waals surface area (Å²) >= 11 is 0. The van der Waals surface area contributed by atoms with Gasteiger partial charge in [0.25, 0.3) is 0 Å². The third-order valence-corrected chi connectivity index (χ3v) is 3.49. The van der Waals surface area contributed by atoms with Crippen LogP contribution in [-0.2, 0) is 17.8 Å². The Morgan fingerprint density at radius 2 is 2.09 bits per heavy atom. The van der Waals surface area contributed by atoms with Gasteiger partial charge in [0, 0.05) is 23.1 Å². The lowest BCUT2D eigenvalue weighted by Gasteiger charge is -2.09. The van der Waals surface area contributed by atoms with Gasteiger partial charge in [-0.25, -0.2) is 9.59 Å². The first-order chi connectivity index (χ1) is 11.1. The quantitative estimate of drug-likeness (QED) is 0.588. The Balaban J connectivity index is 1.96. The van der Waals surface area contributed by atoms with Crippen LogP contribution >= 0.6 is 0 Å². The van der Waals surface area contributed by atoms with Crippen molar-refractivity contribution >= 4 is 16.9 Å². The Kier molecular flexibility index (Phi) is 3.89. The van der Waals surface area contributed by atoms with E-state index in [0.717, 1.165) is 0 Å². The number of ether oxygens (including phenoxy) is 1. The van der Waals surface area contributed by atoms with Gasteiger partial charge in [0.2, 0.25) is 5.76 Å². The minimum Gasteiger partial charge on any atom is -0.508 e. The topological polar surface area (TPSA) is 89.9 Å². The molecule has 3 rings (SSSR count). The van der Waals surface area contributed by atoms with E-state index in [1.54, 1.807) is 12.1 Å². The smallest absolute Gasteiger partial charge is 0.374 e. The van der Waals surface area contributed by atoms with E-state index in [1.807, 2.05) is 6.92 Å². The number of carbonyl (C=O) groups is 1. The monoisotopic (exact) mass is 314 g/mol. The second kappa shape index (κ2) is 6.00. The van der Waals surface area contributed by atoms with E-state index in [2.05, 4.69) is 0 Å². The summed E-state index contributed by atoms with van der Waals surface area (Å²) in [6.07, 6.45) is 1.99. The molecule has 23 heavy (non-hydrogen) atoms. The number of benzene rings is 1. The van der Waals surface area contributed by atoms with Crippen molar-refractivity contribution in [3.63, 3.8) is 0 Å². The van der Waals surface area contributed by atoms with E-state index in [0.29, 0.717) is 22.9 Å². The molecule has 0 unspecified atom stereocenters. The summed E-state index contributed by atoms with van der Waals surface area (Å²) in [5.41, 5.74) is 0.886. The lowest BCUT2D eigenvalue weighted by molar-refractivity contribution is 0.0437. The number of hydrogen-bond acceptors (Lipinski definition) is 6. The number of fused-ring (bicyclic) bond motifs is 1. The van der Waals surface area contributed by atoms with E-state index in [1.165, 1.54) is 24.5 Å². The van der Waals surface area contributed by atoms with Crippen LogP contribution in [0.3, 0.4) is 0 Å². The van der Waals surface area contributed by atoms with E-state index in [9.17, 15) is 14.7 Å². The molecule has 1 N–H and O–H groups in total. The molecule has 0 saturated carbocycles. The molecule has 0 aliphatic rings. The third kappa shape index (κ3) is 2.96. The Morgan fingerprint density at radius 1 is 1.26 bits per heavy atom. The van der Waals surface area contributed by atoms with Gasteiger partial charge >= 0.3 is 11.6 Å². The fourth-order valence-corrected chi connectivity index (χ4v) is 2.32. The molecule has 0 aliphatic carbocycles. The van der Waals surface area contributed by atoms with Crippen LogP contribution in [0.25, 0.3) is 11.0 Å². The third-order valence-electron chi connectivity index (χ3n) is 3.49. The Bertz CT molecular complexity index is 905. The lowest BCUT2D eigenvalue weighted by Crippen LogP contribution is -2.07. The van der Waals surface area contributed by atoms with Crippen molar-refractivity contribution in [2.45, 2.75) is 20.0 Å². The van der Waals surface area contributed by atoms with E-state index < -0.39 is 11.6 Å². The number of rotatable bonds is 4. The molecule has 3 aromatic rings. The summed E-state index contributed by atoms with van der Waals surface area (Å²) in [7, 11) is 0. The van der Waals surface area contributed by atoms with Crippen molar-refractivity contribution in [1.29, 1.82) is 0 Å². The molecule has 0 amide bonds. The summed E-state index contributed by atoms with van der Waals surface area (Å²) in [5, 5.41) is 10.5. The van der Waals surface area contributed by atoms with E-state index >= 15 is 0 Å². The number of phenolic OH excluding ortho intramolecular Hbond substituents is 1. The lowest BCUT2D eigenvalue weighted by atomic mass is 10.0. The molecule has 0 fully saturated rings. The van der Waals surface area contributed by atoms with Crippen LogP contribution in [0.5, 0.6) is 5.75 Å². The average molecular weight is 314 g/mol. The predicted octanol–water partition coefficient (Wildman–Crippen LogP) is 3.01. The van der Waals surface area contributed by atoms with Crippen LogP contribution in [-0.4, -0.2) is 11.1 Å². The summed E-state index contributed by atoms with van der Waals surface area (Å²) in [4.78, 5) is 23.5. The molecule has 0 aliphatic heterocycles. The number of aryl methyl sites for hydroxylation is 1. The maximum Gasteiger partial charge on any atom is 0.374 e. The molecule has 0 radical (unpaired) electrons. The number of carbonyl (C=O) groups excluding carboxylic acids is 1. The number of hydrogen-bond donors (Lipinski definition) is 1. The maximum absolute atomic E-state index is 11.8. The minimum atomic E-state index is -0.620. The normalized spacial score (nSPS) is 10.8. The molecule has 0 bridgehead atoms. The summed E-state index contributed by atoms with van der Waals surface area (Å²) in [5.74, 6) is -0.470. The van der Waals surface area contributed by atoms with Gasteiger partial charge < -0.3 is 18.7 Å². The van der Waals surface area contributed by atoms with Gasteiger partial charge in [-0.15, -0.1) is 0 Å². The van der Waals surface area contributed by atoms with Crippen molar-refractivity contribution < 1.29 is 23.5 Å². The first kappa shape index (κ1) is 14.9. The highest BCUT2D eigenvalue weighted by molar-refractivity contribution is 5.87. The first-order valence-electron chi connectivity index (χ1n) is 7.07. The highest BCUT2D eigenvalue weighted by atomic mass is 16.5. The van der Waals surface area contributed by atoms with Gasteiger partial charge in [0.1, 0.15) is 17.9 Å². The Hall–Kier alpha value is -3.02. The van der Waals surface area contributed by atoms with Crippen LogP contribution < -0.4 is 5.63 Å². The molecule has 2 heterocycles. The molecule has 6 nitrogen and oxygen atoms in total. The van der Waals surface area contributed by atoms with Crippen LogP contribution in [0, 0.1) is 0 Å². The zero-order valence-corrected chi connectivity index (χ0v) is 12.4. The standard InChI is InChI=1S/C17H14O6/c1-2-10-6-12-11(7-16(19)23-15(12)8-13(10)18)9-22-17(20)14-4-3-5-21-14/h3-8,18H,2,9H2,1H3. The van der Waals surface area contributed by atoms with Gasteiger partial charge in [-0.05, 0) is 30.2 Å². The number of furan rings is 1. The van der Waals surface area contributed by atoms with Crippen LogP contribution in [0.15, 0.2) is 50.2 Å². The summed E-state index contributed by atoms with van der Waals surface area (Å²) in [6.45, 7) is 1.80. The fraction of sp³-hybridized carbons (Fsp3) is 0.176. The molecule has 6 heteroatoms. The molecular weight excluding hydrogens is 300 g/mol. The second-order valence-electron chi connectivity index (χ2n) is 4.97. The molecule has 118 valence electrons. The number of phenols is 1. The van der Waals surface area contributed by atoms with Crippen molar-refractivity contribution in [2.24, 2.45) is 0 Å². The van der Waals surface area contributed by atoms with Gasteiger partial charge in [-0.2, -0.15) is 0 Å². The van der Waals surface area contributed by atoms with E-state index in [4.69, 9.17) is 13.6 Å². The van der Waals surface area contributed by atoms with Gasteiger partial charge in [-0.3, -0.25) is 0 Å². The molecule has 0 spiro atoms. The van der Waals surface area contributed by atoms with Gasteiger partial charge in [0.15, 0.2) is 0 Å². The Labute approximate surface area is 130 Å². The van der Waals surface area contributed by atoms with Gasteiger partial charge in [0.05, 0.1) is 6.26 Å². The first-order valence-corrected chi connectivity index (χ1v) is 7.07. The van der Waals surface area contributed by atoms with Crippen molar-refractivity contribution in [1.82, 2.24) is 0 Å². The zero-order chi connectivity index (χ0) is 16.4. The molecular formula is C17H14O6. The molecule has 1 aromatic carbocycles.